The molecule has 0 saturated carbocycles. The molecule has 27 heavy (non-hydrogen) atoms. The summed E-state index contributed by atoms with van der Waals surface area (Å²) in [6.45, 7) is 5.47. The topological polar surface area (TPSA) is 65.4 Å². The number of nitrogens with one attached hydrogen (secondary N) is 1. The molecule has 142 valence electrons. The molecule has 0 spiro atoms. The van der Waals surface area contributed by atoms with E-state index in [1.54, 1.807) is 6.07 Å². The molecule has 2 rings (SSSR count). The van der Waals surface area contributed by atoms with Crippen LogP contribution in [0.1, 0.15) is 43.0 Å². The first-order chi connectivity index (χ1) is 13.1. The lowest BCUT2D eigenvalue weighted by molar-refractivity contribution is -0.122. The molecule has 0 heterocycles. The number of para-hydroxylation sites is 1. The molecule has 2 aromatic carbocycles. The van der Waals surface area contributed by atoms with Crippen LogP contribution in [0.4, 0.5) is 0 Å². The van der Waals surface area contributed by atoms with E-state index in [1.165, 1.54) is 0 Å². The Bertz CT molecular complexity index is 798. The van der Waals surface area contributed by atoms with E-state index < -0.39 is 0 Å². The monoisotopic (exact) mass is 365 g/mol. The second-order valence-corrected chi connectivity index (χ2v) is 6.48. The molecule has 0 radical (unpaired) electrons. The highest BCUT2D eigenvalue weighted by Crippen LogP contribution is 2.27. The summed E-state index contributed by atoms with van der Waals surface area (Å²) >= 11 is 0. The molecule has 1 atom stereocenters. The summed E-state index contributed by atoms with van der Waals surface area (Å²) in [5.74, 6) is 0.779. The first-order valence-corrected chi connectivity index (χ1v) is 9.26. The summed E-state index contributed by atoms with van der Waals surface area (Å²) in [6, 6.07) is 17.3. The molecule has 0 aromatic heterocycles. The Balaban J connectivity index is 1.97. The van der Waals surface area contributed by atoms with Gasteiger partial charge in [0.1, 0.15) is 5.75 Å². The average Bonchev–Trinajstić information content (AvgIpc) is 2.67. The van der Waals surface area contributed by atoms with E-state index in [0.717, 1.165) is 23.3 Å². The smallest absolute Gasteiger partial charge is 0.234 e. The second-order valence-electron chi connectivity index (χ2n) is 6.48. The van der Waals surface area contributed by atoms with E-state index in [4.69, 9.17) is 10.00 Å². The Hall–Kier alpha value is -2.84. The summed E-state index contributed by atoms with van der Waals surface area (Å²) in [4.78, 5) is 14.5. The van der Waals surface area contributed by atoms with Gasteiger partial charge >= 0.3 is 0 Å². The third-order valence-electron chi connectivity index (χ3n) is 4.26. The number of nitriles is 1. The van der Waals surface area contributed by atoms with Crippen molar-refractivity contribution in [3.63, 3.8) is 0 Å². The Morgan fingerprint density at radius 3 is 2.70 bits per heavy atom. The van der Waals surface area contributed by atoms with E-state index in [0.29, 0.717) is 18.7 Å². The van der Waals surface area contributed by atoms with Gasteiger partial charge in [-0.25, -0.2) is 0 Å². The molecular weight excluding hydrogens is 338 g/mol. The van der Waals surface area contributed by atoms with Crippen molar-refractivity contribution in [2.45, 2.75) is 32.9 Å². The molecule has 0 fully saturated rings. The number of nitrogens with zero attached hydrogens (tertiary/aromatic N) is 2. The van der Waals surface area contributed by atoms with Gasteiger partial charge in [-0.05, 0) is 44.2 Å². The fourth-order valence-corrected chi connectivity index (χ4v) is 3.05. The molecule has 0 bridgehead atoms. The standard InChI is InChI=1S/C22H27N3O2/c1-4-20(19-11-6-7-12-21(19)27-5-2)24-22(26)16-25(3)15-18-10-8-9-17(13-18)14-23/h6-13,20H,4-5,15-16H2,1-3H3,(H,24,26). The van der Waals surface area contributed by atoms with Crippen LogP contribution in [-0.4, -0.2) is 31.0 Å². The van der Waals surface area contributed by atoms with Crippen LogP contribution >= 0.6 is 0 Å². The molecule has 5 heteroatoms. The van der Waals surface area contributed by atoms with Crippen LogP contribution in [-0.2, 0) is 11.3 Å². The maximum atomic E-state index is 12.5. The summed E-state index contributed by atoms with van der Waals surface area (Å²) in [5.41, 5.74) is 2.64. The zero-order valence-corrected chi connectivity index (χ0v) is 16.2. The van der Waals surface area contributed by atoms with Crippen molar-refractivity contribution in [3.8, 4) is 11.8 Å². The van der Waals surface area contributed by atoms with Crippen LogP contribution in [0.3, 0.4) is 0 Å². The molecule has 5 nitrogen and oxygen atoms in total. The summed E-state index contributed by atoms with van der Waals surface area (Å²) < 4.78 is 5.70. The van der Waals surface area contributed by atoms with Gasteiger partial charge in [0.2, 0.25) is 5.91 Å². The van der Waals surface area contributed by atoms with Gasteiger partial charge < -0.3 is 10.1 Å². The molecule has 1 N–H and O–H groups in total. The number of ether oxygens (including phenoxy) is 1. The molecular formula is C22H27N3O2. The van der Waals surface area contributed by atoms with E-state index in [9.17, 15) is 4.79 Å². The predicted octanol–water partition coefficient (Wildman–Crippen LogP) is 3.66. The van der Waals surface area contributed by atoms with Crippen LogP contribution in [0, 0.1) is 11.3 Å². The lowest BCUT2D eigenvalue weighted by Gasteiger charge is -2.22. The van der Waals surface area contributed by atoms with Crippen molar-refractivity contribution < 1.29 is 9.53 Å². The van der Waals surface area contributed by atoms with Crippen LogP contribution in [0.5, 0.6) is 5.75 Å². The number of benzene rings is 2. The molecule has 2 aromatic rings. The molecule has 1 amide bonds. The van der Waals surface area contributed by atoms with Crippen molar-refractivity contribution in [1.29, 1.82) is 5.26 Å². The first-order valence-electron chi connectivity index (χ1n) is 9.26. The van der Waals surface area contributed by atoms with Crippen LogP contribution < -0.4 is 10.1 Å². The van der Waals surface area contributed by atoms with Crippen molar-refractivity contribution in [2.24, 2.45) is 0 Å². The molecule has 0 saturated heterocycles. The summed E-state index contributed by atoms with van der Waals surface area (Å²) in [6.07, 6.45) is 0.782. The van der Waals surface area contributed by atoms with E-state index in [1.807, 2.05) is 68.3 Å². The number of hydrogen-bond donors (Lipinski definition) is 1. The Morgan fingerprint density at radius 2 is 2.00 bits per heavy atom. The van der Waals surface area contributed by atoms with E-state index in [2.05, 4.69) is 11.4 Å². The maximum absolute atomic E-state index is 12.5. The van der Waals surface area contributed by atoms with Crippen molar-refractivity contribution in [2.75, 3.05) is 20.2 Å². The minimum atomic E-state index is -0.0874. The van der Waals surface area contributed by atoms with Gasteiger partial charge in [0.25, 0.3) is 0 Å². The van der Waals surface area contributed by atoms with Gasteiger partial charge in [-0.3, -0.25) is 9.69 Å². The second kappa shape index (κ2) is 10.3. The summed E-state index contributed by atoms with van der Waals surface area (Å²) in [5, 5.41) is 12.1. The third kappa shape index (κ3) is 6.12. The number of hydrogen-bond acceptors (Lipinski definition) is 4. The van der Waals surface area contributed by atoms with Gasteiger partial charge in [0, 0.05) is 12.1 Å². The Kier molecular flexibility index (Phi) is 7.84. The minimum absolute atomic E-state index is 0.0351. The normalized spacial score (nSPS) is 11.7. The zero-order chi connectivity index (χ0) is 19.6. The fraction of sp³-hybridized carbons (Fsp3) is 0.364. The Morgan fingerprint density at radius 1 is 1.22 bits per heavy atom. The highest BCUT2D eigenvalue weighted by atomic mass is 16.5. The first kappa shape index (κ1) is 20.5. The SMILES string of the molecule is CCOc1ccccc1C(CC)NC(=O)CN(C)Cc1cccc(C#N)c1. The van der Waals surface area contributed by atoms with Crippen LogP contribution in [0.2, 0.25) is 0 Å². The highest BCUT2D eigenvalue weighted by Gasteiger charge is 2.17. The average molecular weight is 365 g/mol. The zero-order valence-electron chi connectivity index (χ0n) is 16.2. The number of carbonyl (C=O) groups is 1. The number of rotatable bonds is 9. The largest absolute Gasteiger partial charge is 0.494 e. The lowest BCUT2D eigenvalue weighted by Crippen LogP contribution is -2.37. The minimum Gasteiger partial charge on any atom is -0.494 e. The molecule has 1 unspecified atom stereocenters. The van der Waals surface area contributed by atoms with Crippen molar-refractivity contribution >= 4 is 5.91 Å². The van der Waals surface area contributed by atoms with E-state index >= 15 is 0 Å². The predicted molar refractivity (Wildman–Crippen MR) is 106 cm³/mol. The number of likely N-dealkylation sites (N-methyl/N-ethyl adjacent to an activating group) is 1. The van der Waals surface area contributed by atoms with Crippen LogP contribution in [0.25, 0.3) is 0 Å². The maximum Gasteiger partial charge on any atom is 0.234 e. The lowest BCUT2D eigenvalue weighted by atomic mass is 10.0. The van der Waals surface area contributed by atoms with Gasteiger partial charge in [-0.15, -0.1) is 0 Å². The quantitative estimate of drug-likeness (QED) is 0.736. The van der Waals surface area contributed by atoms with Gasteiger partial charge in [-0.1, -0.05) is 37.3 Å². The van der Waals surface area contributed by atoms with Gasteiger partial charge in [0.15, 0.2) is 0 Å². The number of carbonyl (C=O) groups excluding carboxylic acids is 1. The summed E-state index contributed by atoms with van der Waals surface area (Å²) in [7, 11) is 1.90. The third-order valence-corrected chi connectivity index (χ3v) is 4.26. The number of amides is 1. The van der Waals surface area contributed by atoms with E-state index in [-0.39, 0.29) is 18.5 Å². The Labute approximate surface area is 161 Å². The van der Waals surface area contributed by atoms with Crippen molar-refractivity contribution in [3.05, 3.63) is 65.2 Å². The molecule has 0 aliphatic rings. The van der Waals surface area contributed by atoms with Crippen molar-refractivity contribution in [1.82, 2.24) is 10.2 Å². The highest BCUT2D eigenvalue weighted by molar-refractivity contribution is 5.78. The van der Waals surface area contributed by atoms with Crippen LogP contribution in [0.15, 0.2) is 48.5 Å². The molecule has 0 aliphatic heterocycles. The van der Waals surface area contributed by atoms with Gasteiger partial charge in [-0.2, -0.15) is 5.26 Å². The fourth-order valence-electron chi connectivity index (χ4n) is 3.05. The molecule has 0 aliphatic carbocycles. The van der Waals surface area contributed by atoms with Gasteiger partial charge in [0.05, 0.1) is 30.8 Å².